The van der Waals surface area contributed by atoms with Crippen molar-refractivity contribution in [2.45, 2.75) is 64.5 Å². The van der Waals surface area contributed by atoms with Gasteiger partial charge in [0.15, 0.2) is 0 Å². The Morgan fingerprint density at radius 3 is 2.38 bits per heavy atom. The molecule has 4 nitrogen and oxygen atoms in total. The van der Waals surface area contributed by atoms with E-state index in [1.165, 1.54) is 16.8 Å². The number of anilines is 1. The second kappa shape index (κ2) is 11.0. The van der Waals surface area contributed by atoms with Gasteiger partial charge in [-0.25, -0.2) is 0 Å². The van der Waals surface area contributed by atoms with Crippen LogP contribution in [0.3, 0.4) is 0 Å². The summed E-state index contributed by atoms with van der Waals surface area (Å²) in [4.78, 5) is 16.9. The molecule has 1 fully saturated rings. The highest BCUT2D eigenvalue weighted by molar-refractivity contribution is 5.75. The van der Waals surface area contributed by atoms with E-state index in [-0.39, 0.29) is 11.5 Å². The van der Waals surface area contributed by atoms with Crippen molar-refractivity contribution in [1.82, 2.24) is 4.90 Å². The molecule has 2 atom stereocenters. The third kappa shape index (κ3) is 6.59. The van der Waals surface area contributed by atoms with E-state index in [2.05, 4.69) is 69.2 Å². The number of hydrogen-bond donors (Lipinski definition) is 0. The lowest BCUT2D eigenvalue weighted by Crippen LogP contribution is -2.38. The first-order chi connectivity index (χ1) is 15.3. The highest BCUT2D eigenvalue weighted by Crippen LogP contribution is 2.40. The monoisotopic (exact) mass is 436 g/mol. The molecule has 2 aromatic rings. The van der Waals surface area contributed by atoms with Crippen LogP contribution in [0.1, 0.15) is 63.5 Å². The highest BCUT2D eigenvalue weighted by atomic mass is 16.5. The van der Waals surface area contributed by atoms with Crippen LogP contribution < -0.4 is 4.90 Å². The number of hydrogen-bond acceptors (Lipinski definition) is 3. The number of carbonyl (C=O) groups excluding carboxylic acids is 1. The maximum Gasteiger partial charge on any atom is 0.222 e. The number of amides is 1. The number of carbonyl (C=O) groups is 1. The lowest BCUT2D eigenvalue weighted by Gasteiger charge is -2.40. The Hall–Kier alpha value is -2.33. The van der Waals surface area contributed by atoms with Crippen molar-refractivity contribution in [1.29, 1.82) is 0 Å². The first kappa shape index (κ1) is 24.3. The largest absolute Gasteiger partial charge is 0.378 e. The molecule has 0 aliphatic carbocycles. The summed E-state index contributed by atoms with van der Waals surface area (Å²) in [7, 11) is 4.15. The fourth-order valence-electron chi connectivity index (χ4n) is 4.93. The summed E-state index contributed by atoms with van der Waals surface area (Å²) in [5, 5.41) is 0. The summed E-state index contributed by atoms with van der Waals surface area (Å²) in [5.74, 6) is 1.19. The molecule has 0 aromatic heterocycles. The summed E-state index contributed by atoms with van der Waals surface area (Å²) < 4.78 is 6.02. The van der Waals surface area contributed by atoms with Crippen molar-refractivity contribution >= 4 is 11.6 Å². The first-order valence-electron chi connectivity index (χ1n) is 12.0. The molecule has 2 aromatic carbocycles. The van der Waals surface area contributed by atoms with Gasteiger partial charge in [0.1, 0.15) is 0 Å². The Balaban J connectivity index is 1.80. The van der Waals surface area contributed by atoms with Gasteiger partial charge in [0, 0.05) is 45.9 Å². The fraction of sp³-hybridized carbons (Fsp3) is 0.536. The number of rotatable bonds is 9. The maximum absolute atomic E-state index is 12.8. The van der Waals surface area contributed by atoms with E-state index >= 15 is 0 Å². The molecule has 1 heterocycles. The summed E-state index contributed by atoms with van der Waals surface area (Å²) >= 11 is 0. The number of benzene rings is 2. The lowest BCUT2D eigenvalue weighted by molar-refractivity contribution is -0.131. The molecule has 0 spiro atoms. The van der Waals surface area contributed by atoms with Gasteiger partial charge in [0.05, 0.1) is 5.60 Å². The molecular formula is C28H40N2O2. The van der Waals surface area contributed by atoms with Crippen LogP contribution in [0.5, 0.6) is 0 Å². The summed E-state index contributed by atoms with van der Waals surface area (Å²) in [5.41, 5.74) is 3.69. The molecule has 174 valence electrons. The van der Waals surface area contributed by atoms with Gasteiger partial charge in [0.25, 0.3) is 0 Å². The molecular weight excluding hydrogens is 396 g/mol. The van der Waals surface area contributed by atoms with Crippen molar-refractivity contribution in [2.75, 3.05) is 32.1 Å². The molecule has 3 rings (SSSR count). The summed E-state index contributed by atoms with van der Waals surface area (Å²) in [6.45, 7) is 8.63. The van der Waals surface area contributed by atoms with Gasteiger partial charge in [-0.3, -0.25) is 4.79 Å². The Bertz CT molecular complexity index is 845. The Kier molecular flexibility index (Phi) is 8.36. The second-order valence-electron chi connectivity index (χ2n) is 9.90. The molecule has 1 aliphatic heterocycles. The zero-order chi connectivity index (χ0) is 23.1. The van der Waals surface area contributed by atoms with Gasteiger partial charge < -0.3 is 14.5 Å². The average Bonchev–Trinajstić information content (AvgIpc) is 2.78. The Labute approximate surface area is 194 Å². The minimum absolute atomic E-state index is 0.0896. The number of nitrogens with zero attached hydrogens (tertiary/aromatic N) is 2. The van der Waals surface area contributed by atoms with Crippen LogP contribution in [0.25, 0.3) is 0 Å². The zero-order valence-electron chi connectivity index (χ0n) is 20.5. The van der Waals surface area contributed by atoms with Crippen molar-refractivity contribution in [3.63, 3.8) is 0 Å². The van der Waals surface area contributed by atoms with Gasteiger partial charge in [-0.05, 0) is 68.2 Å². The molecule has 0 saturated carbocycles. The highest BCUT2D eigenvalue weighted by Gasteiger charge is 2.34. The number of ether oxygens (including phenoxy) is 1. The molecule has 2 unspecified atom stereocenters. The topological polar surface area (TPSA) is 32.8 Å². The van der Waals surface area contributed by atoms with E-state index < -0.39 is 0 Å². The molecule has 32 heavy (non-hydrogen) atoms. The van der Waals surface area contributed by atoms with Gasteiger partial charge in [-0.15, -0.1) is 0 Å². The maximum atomic E-state index is 12.8. The van der Waals surface area contributed by atoms with Crippen LogP contribution in [0.2, 0.25) is 0 Å². The van der Waals surface area contributed by atoms with Crippen LogP contribution >= 0.6 is 0 Å². The quantitative estimate of drug-likeness (QED) is 0.493. The van der Waals surface area contributed by atoms with Crippen LogP contribution in [-0.4, -0.2) is 43.7 Å². The van der Waals surface area contributed by atoms with E-state index in [1.807, 2.05) is 30.0 Å². The van der Waals surface area contributed by atoms with Crippen molar-refractivity contribution in [3.05, 3.63) is 65.7 Å². The molecule has 1 saturated heterocycles. The Morgan fingerprint density at radius 1 is 1.09 bits per heavy atom. The van der Waals surface area contributed by atoms with E-state index in [4.69, 9.17) is 4.74 Å². The third-order valence-electron chi connectivity index (χ3n) is 6.72. The third-order valence-corrected chi connectivity index (χ3v) is 6.72. The van der Waals surface area contributed by atoms with E-state index in [9.17, 15) is 4.79 Å². The average molecular weight is 437 g/mol. The second-order valence-corrected chi connectivity index (χ2v) is 9.90. The first-order valence-corrected chi connectivity index (χ1v) is 12.0. The fourth-order valence-corrected chi connectivity index (χ4v) is 4.93. The molecule has 0 bridgehead atoms. The van der Waals surface area contributed by atoms with Crippen LogP contribution in [0.15, 0.2) is 54.6 Å². The standard InChI is InChI=1S/C28H40N2O2/c1-6-27(31)30(21-22-10-8-7-9-11-22)18-16-26(24-17-19-32-28(2,3)20-24)23-12-14-25(15-13-23)29(4)5/h7-15,24,26H,6,16-21H2,1-5H3. The van der Waals surface area contributed by atoms with Crippen molar-refractivity contribution in [3.8, 4) is 0 Å². The van der Waals surface area contributed by atoms with Gasteiger partial charge >= 0.3 is 0 Å². The smallest absolute Gasteiger partial charge is 0.222 e. The normalized spacial score (nSPS) is 18.7. The minimum Gasteiger partial charge on any atom is -0.378 e. The summed E-state index contributed by atoms with van der Waals surface area (Å²) in [6, 6.07) is 19.3. The van der Waals surface area contributed by atoms with Gasteiger partial charge in [-0.1, -0.05) is 49.4 Å². The molecule has 1 amide bonds. The van der Waals surface area contributed by atoms with Crippen LogP contribution in [0.4, 0.5) is 5.69 Å². The van der Waals surface area contributed by atoms with Crippen molar-refractivity contribution < 1.29 is 9.53 Å². The SMILES string of the molecule is CCC(=O)N(CCC(c1ccc(N(C)C)cc1)C1CCOC(C)(C)C1)Cc1ccccc1. The molecule has 1 aliphatic rings. The van der Waals surface area contributed by atoms with E-state index in [0.717, 1.165) is 32.4 Å². The molecule has 0 N–H and O–H groups in total. The van der Waals surface area contributed by atoms with Gasteiger partial charge in [0.2, 0.25) is 5.91 Å². The predicted octanol–water partition coefficient (Wildman–Crippen LogP) is 5.87. The summed E-state index contributed by atoms with van der Waals surface area (Å²) in [6.07, 6.45) is 3.64. The van der Waals surface area contributed by atoms with Crippen molar-refractivity contribution in [2.24, 2.45) is 5.92 Å². The molecule has 4 heteroatoms. The minimum atomic E-state index is -0.0896. The Morgan fingerprint density at radius 2 is 1.78 bits per heavy atom. The van der Waals surface area contributed by atoms with E-state index in [1.54, 1.807) is 0 Å². The van der Waals surface area contributed by atoms with Crippen LogP contribution in [0, 0.1) is 5.92 Å². The van der Waals surface area contributed by atoms with Gasteiger partial charge in [-0.2, -0.15) is 0 Å². The molecule has 0 radical (unpaired) electrons. The lowest BCUT2D eigenvalue weighted by atomic mass is 9.75. The van der Waals surface area contributed by atoms with Crippen LogP contribution in [-0.2, 0) is 16.1 Å². The predicted molar refractivity (Wildman–Crippen MR) is 133 cm³/mol. The zero-order valence-corrected chi connectivity index (χ0v) is 20.5. The van der Waals surface area contributed by atoms with E-state index in [0.29, 0.717) is 24.8 Å².